The first-order chi connectivity index (χ1) is 13.5. The van der Waals surface area contributed by atoms with E-state index in [1.54, 1.807) is 0 Å². The van der Waals surface area contributed by atoms with Crippen molar-refractivity contribution in [2.24, 2.45) is 4.99 Å². The van der Waals surface area contributed by atoms with Crippen molar-refractivity contribution in [1.29, 1.82) is 0 Å². The lowest BCUT2D eigenvalue weighted by Crippen LogP contribution is -2.48. The summed E-state index contributed by atoms with van der Waals surface area (Å²) in [6.45, 7) is 7.99. The number of nitrogens with zero attached hydrogens (tertiary/aromatic N) is 3. The topological polar surface area (TPSA) is 74.5 Å². The molecule has 1 fully saturated rings. The Bertz CT molecular complexity index is 811. The summed E-state index contributed by atoms with van der Waals surface area (Å²) < 4.78 is 1.98. The van der Waals surface area contributed by atoms with E-state index >= 15 is 0 Å². The molecule has 0 saturated heterocycles. The third-order valence-electron chi connectivity index (χ3n) is 5.35. The number of hydrogen-bond acceptors (Lipinski definition) is 3. The monoisotopic (exact) mass is 511 g/mol. The minimum atomic E-state index is -0.615. The van der Waals surface area contributed by atoms with Gasteiger partial charge in [-0.25, -0.2) is 9.67 Å². The number of halogens is 1. The van der Waals surface area contributed by atoms with Crippen LogP contribution in [0.5, 0.6) is 0 Å². The van der Waals surface area contributed by atoms with Crippen molar-refractivity contribution in [3.63, 3.8) is 0 Å². The Morgan fingerprint density at radius 3 is 2.55 bits per heavy atom. The van der Waals surface area contributed by atoms with Gasteiger partial charge < -0.3 is 15.7 Å². The maximum Gasteiger partial charge on any atom is 0.191 e. The van der Waals surface area contributed by atoms with E-state index in [0.29, 0.717) is 13.1 Å². The number of para-hydroxylation sites is 1. The average molecular weight is 511 g/mol. The quantitative estimate of drug-likeness (QED) is 0.313. The maximum absolute atomic E-state index is 10.7. The normalized spacial score (nSPS) is 16.2. The number of aliphatic hydroxyl groups is 1. The largest absolute Gasteiger partial charge is 0.388 e. The third-order valence-corrected chi connectivity index (χ3v) is 5.35. The van der Waals surface area contributed by atoms with Crippen LogP contribution in [0.3, 0.4) is 0 Å². The minimum absolute atomic E-state index is 0. The van der Waals surface area contributed by atoms with Gasteiger partial charge in [-0.15, -0.1) is 24.0 Å². The SMILES string of the molecule is CCNC(=NCc1ccccc1-n1nc(C)cc1C)NCC1(O)CCCCC1.I. The van der Waals surface area contributed by atoms with Crippen LogP contribution in [0.25, 0.3) is 5.69 Å². The van der Waals surface area contributed by atoms with Gasteiger partial charge in [-0.2, -0.15) is 5.10 Å². The van der Waals surface area contributed by atoms with Gasteiger partial charge in [-0.3, -0.25) is 0 Å². The highest BCUT2D eigenvalue weighted by atomic mass is 127. The molecule has 1 aliphatic carbocycles. The van der Waals surface area contributed by atoms with Gasteiger partial charge in [0.1, 0.15) is 0 Å². The lowest BCUT2D eigenvalue weighted by molar-refractivity contribution is 0.00859. The van der Waals surface area contributed by atoms with Crippen LogP contribution in [-0.2, 0) is 6.54 Å². The Kier molecular flexibility index (Phi) is 8.95. The summed E-state index contributed by atoms with van der Waals surface area (Å²) in [4.78, 5) is 4.76. The molecule has 7 heteroatoms. The summed E-state index contributed by atoms with van der Waals surface area (Å²) in [5, 5.41) is 22.0. The molecule has 1 saturated carbocycles. The molecule has 160 valence electrons. The Labute approximate surface area is 191 Å². The van der Waals surface area contributed by atoms with E-state index in [1.165, 1.54) is 6.42 Å². The molecule has 29 heavy (non-hydrogen) atoms. The van der Waals surface area contributed by atoms with Gasteiger partial charge in [0.05, 0.1) is 23.5 Å². The highest BCUT2D eigenvalue weighted by molar-refractivity contribution is 14.0. The molecule has 0 amide bonds. The zero-order chi connectivity index (χ0) is 20.0. The summed E-state index contributed by atoms with van der Waals surface area (Å²) in [5.41, 5.74) is 3.67. The number of aliphatic imine (C=N–C) groups is 1. The van der Waals surface area contributed by atoms with Crippen molar-refractivity contribution in [3.8, 4) is 5.69 Å². The van der Waals surface area contributed by atoms with Gasteiger partial charge in [0, 0.05) is 18.8 Å². The molecular formula is C22H34IN5O. The summed E-state index contributed by atoms with van der Waals surface area (Å²) in [7, 11) is 0. The molecule has 1 aromatic carbocycles. The number of rotatable bonds is 6. The highest BCUT2D eigenvalue weighted by Crippen LogP contribution is 2.27. The maximum atomic E-state index is 10.7. The molecule has 0 unspecified atom stereocenters. The number of hydrogen-bond donors (Lipinski definition) is 3. The number of aryl methyl sites for hydroxylation is 2. The molecule has 3 N–H and O–H groups in total. The molecular weight excluding hydrogens is 477 g/mol. The van der Waals surface area contributed by atoms with Crippen LogP contribution >= 0.6 is 24.0 Å². The Balaban J connectivity index is 0.00000300. The lowest BCUT2D eigenvalue weighted by atomic mass is 9.85. The standard InChI is InChI=1S/C22H33N5O.HI/c1-4-23-21(25-16-22(28)12-8-5-9-13-22)24-15-19-10-6-7-11-20(19)27-18(3)14-17(2)26-27;/h6-7,10-11,14,28H,4-5,8-9,12-13,15-16H2,1-3H3,(H2,23,24,25);1H. The van der Waals surface area contributed by atoms with E-state index in [2.05, 4.69) is 47.8 Å². The number of benzene rings is 1. The molecule has 6 nitrogen and oxygen atoms in total. The van der Waals surface area contributed by atoms with Gasteiger partial charge in [-0.1, -0.05) is 37.5 Å². The van der Waals surface area contributed by atoms with Crippen LogP contribution in [0, 0.1) is 13.8 Å². The molecule has 0 spiro atoms. The molecule has 0 atom stereocenters. The van der Waals surface area contributed by atoms with E-state index in [-0.39, 0.29) is 24.0 Å². The van der Waals surface area contributed by atoms with Crippen LogP contribution in [-0.4, -0.2) is 39.5 Å². The van der Waals surface area contributed by atoms with Crippen molar-refractivity contribution in [3.05, 3.63) is 47.3 Å². The van der Waals surface area contributed by atoms with Crippen molar-refractivity contribution in [1.82, 2.24) is 20.4 Å². The van der Waals surface area contributed by atoms with Gasteiger partial charge in [-0.05, 0) is 51.3 Å². The number of guanidine groups is 1. The van der Waals surface area contributed by atoms with Crippen LogP contribution < -0.4 is 10.6 Å². The fourth-order valence-electron chi connectivity index (χ4n) is 3.86. The van der Waals surface area contributed by atoms with E-state index < -0.39 is 5.60 Å². The van der Waals surface area contributed by atoms with Crippen LogP contribution in [0.1, 0.15) is 56.0 Å². The molecule has 1 heterocycles. The molecule has 0 bridgehead atoms. The predicted octanol–water partition coefficient (Wildman–Crippen LogP) is 3.86. The van der Waals surface area contributed by atoms with Gasteiger partial charge in [0.25, 0.3) is 0 Å². The van der Waals surface area contributed by atoms with Crippen LogP contribution in [0.4, 0.5) is 0 Å². The van der Waals surface area contributed by atoms with E-state index in [4.69, 9.17) is 4.99 Å². The summed E-state index contributed by atoms with van der Waals surface area (Å²) in [6.07, 6.45) is 5.14. The van der Waals surface area contributed by atoms with Crippen LogP contribution in [0.2, 0.25) is 0 Å². The van der Waals surface area contributed by atoms with E-state index in [1.807, 2.05) is 23.7 Å². The first-order valence-corrected chi connectivity index (χ1v) is 10.4. The van der Waals surface area contributed by atoms with Crippen molar-refractivity contribution < 1.29 is 5.11 Å². The summed E-state index contributed by atoms with van der Waals surface area (Å²) >= 11 is 0. The molecule has 3 rings (SSSR count). The second kappa shape index (κ2) is 11.0. The van der Waals surface area contributed by atoms with E-state index in [0.717, 1.165) is 60.8 Å². The molecule has 1 aromatic heterocycles. The van der Waals surface area contributed by atoms with E-state index in [9.17, 15) is 5.11 Å². The fourth-order valence-corrected chi connectivity index (χ4v) is 3.86. The first kappa shape index (κ1) is 23.7. The summed E-state index contributed by atoms with van der Waals surface area (Å²) in [5.74, 6) is 0.740. The second-order valence-electron chi connectivity index (χ2n) is 7.80. The molecule has 0 radical (unpaired) electrons. The average Bonchev–Trinajstić information content (AvgIpc) is 3.03. The zero-order valence-corrected chi connectivity index (χ0v) is 20.1. The van der Waals surface area contributed by atoms with Crippen molar-refractivity contribution in [2.45, 2.75) is 65.0 Å². The number of aromatic nitrogens is 2. The number of nitrogens with one attached hydrogen (secondary N) is 2. The van der Waals surface area contributed by atoms with Gasteiger partial charge in [0.2, 0.25) is 0 Å². The fraction of sp³-hybridized carbons (Fsp3) is 0.545. The molecule has 2 aromatic rings. The van der Waals surface area contributed by atoms with Crippen molar-refractivity contribution >= 4 is 29.9 Å². The summed E-state index contributed by atoms with van der Waals surface area (Å²) in [6, 6.07) is 10.3. The predicted molar refractivity (Wildman–Crippen MR) is 129 cm³/mol. The van der Waals surface area contributed by atoms with Crippen LogP contribution in [0.15, 0.2) is 35.3 Å². The Morgan fingerprint density at radius 2 is 1.90 bits per heavy atom. The Morgan fingerprint density at radius 1 is 1.17 bits per heavy atom. The van der Waals surface area contributed by atoms with Gasteiger partial charge in [0.15, 0.2) is 5.96 Å². The lowest BCUT2D eigenvalue weighted by Gasteiger charge is -2.32. The molecule has 0 aliphatic heterocycles. The van der Waals surface area contributed by atoms with Gasteiger partial charge >= 0.3 is 0 Å². The Hall–Kier alpha value is -1.61. The highest BCUT2D eigenvalue weighted by Gasteiger charge is 2.29. The zero-order valence-electron chi connectivity index (χ0n) is 17.7. The molecule has 1 aliphatic rings. The van der Waals surface area contributed by atoms with Crippen molar-refractivity contribution in [2.75, 3.05) is 13.1 Å². The third kappa shape index (κ3) is 6.44. The minimum Gasteiger partial charge on any atom is -0.388 e. The smallest absolute Gasteiger partial charge is 0.191 e. The second-order valence-corrected chi connectivity index (χ2v) is 7.80. The first-order valence-electron chi connectivity index (χ1n) is 10.4.